The Bertz CT molecular complexity index is 882. The Morgan fingerprint density at radius 3 is 1.95 bits per heavy atom. The van der Waals surface area contributed by atoms with Crippen molar-refractivity contribution in [2.24, 2.45) is 4.99 Å². The summed E-state index contributed by atoms with van der Waals surface area (Å²) in [4.78, 5) is 54.6. The van der Waals surface area contributed by atoms with Gasteiger partial charge in [-0.15, -0.1) is 0 Å². The molecule has 1 aliphatic rings. The Balaban J connectivity index is 3.43. The van der Waals surface area contributed by atoms with Crippen LogP contribution in [0.25, 0.3) is 0 Å². The number of amides is 3. The number of rotatable bonds is 17. The topological polar surface area (TPSA) is 154 Å². The summed E-state index contributed by atoms with van der Waals surface area (Å²) >= 11 is 0. The maximum absolute atomic E-state index is 13.3. The van der Waals surface area contributed by atoms with E-state index in [1.807, 2.05) is 27.7 Å². The molecule has 0 aromatic heterocycles. The number of carbonyl (C=O) groups excluding carboxylic acids is 4. The van der Waals surface area contributed by atoms with Gasteiger partial charge in [-0.05, 0) is 38.7 Å². The quantitative estimate of drug-likeness (QED) is 0.0727. The fraction of sp³-hybridized carbons (Fsp3) is 0.759. The molecule has 3 N–H and O–H groups in total. The summed E-state index contributed by atoms with van der Waals surface area (Å²) in [7, 11) is 0. The van der Waals surface area contributed by atoms with Gasteiger partial charge >= 0.3 is 18.2 Å². The van der Waals surface area contributed by atoms with Crippen LogP contribution < -0.4 is 16.0 Å². The van der Waals surface area contributed by atoms with E-state index in [0.29, 0.717) is 25.7 Å². The second-order valence-electron chi connectivity index (χ2n) is 9.86. The van der Waals surface area contributed by atoms with Gasteiger partial charge in [0.2, 0.25) is 5.96 Å². The molecule has 240 valence electrons. The summed E-state index contributed by atoms with van der Waals surface area (Å²) < 4.78 is 35.2. The lowest BCUT2D eigenvalue weighted by molar-refractivity contribution is -0.139. The molecular formula is C29H49FN4O8. The third kappa shape index (κ3) is 14.1. The molecule has 0 fully saturated rings. The smallest absolute Gasteiger partial charge is 0.413 e. The van der Waals surface area contributed by atoms with Crippen LogP contribution in [0.1, 0.15) is 92.4 Å². The van der Waals surface area contributed by atoms with Gasteiger partial charge in [0.05, 0.1) is 44.1 Å². The van der Waals surface area contributed by atoms with Crippen LogP contribution in [0.3, 0.4) is 0 Å². The lowest BCUT2D eigenvalue weighted by Crippen LogP contribution is -2.55. The van der Waals surface area contributed by atoms with Crippen LogP contribution in [0.4, 0.5) is 14.0 Å². The molecular weight excluding hydrogens is 551 g/mol. The van der Waals surface area contributed by atoms with E-state index >= 15 is 0 Å². The molecule has 12 nitrogen and oxygen atoms in total. The van der Waals surface area contributed by atoms with Crippen molar-refractivity contribution in [2.45, 2.75) is 117 Å². The highest BCUT2D eigenvalue weighted by Gasteiger charge is 2.39. The molecule has 0 saturated carbocycles. The van der Waals surface area contributed by atoms with Crippen molar-refractivity contribution in [3.63, 3.8) is 0 Å². The van der Waals surface area contributed by atoms with E-state index in [-0.39, 0.29) is 43.9 Å². The van der Waals surface area contributed by atoms with Crippen molar-refractivity contribution in [1.29, 1.82) is 0 Å². The van der Waals surface area contributed by atoms with E-state index in [1.165, 1.54) is 0 Å². The average molecular weight is 601 g/mol. The molecule has 1 aliphatic carbocycles. The fourth-order valence-corrected chi connectivity index (χ4v) is 4.23. The number of hydrogen-bond donors (Lipinski definition) is 3. The van der Waals surface area contributed by atoms with E-state index in [0.717, 1.165) is 25.7 Å². The van der Waals surface area contributed by atoms with Crippen molar-refractivity contribution in [1.82, 2.24) is 16.0 Å². The molecule has 0 aliphatic heterocycles. The van der Waals surface area contributed by atoms with Gasteiger partial charge in [-0.3, -0.25) is 15.4 Å². The van der Waals surface area contributed by atoms with E-state index in [1.54, 1.807) is 13.0 Å². The van der Waals surface area contributed by atoms with Crippen LogP contribution in [0.5, 0.6) is 0 Å². The normalized spacial score (nSPS) is 18.0. The number of guanidine groups is 1. The first-order valence-corrected chi connectivity index (χ1v) is 15.1. The minimum atomic E-state index is -1.28. The molecule has 0 saturated heterocycles. The number of aliphatic imine (C=N–C) groups is 1. The number of nitrogens with zero attached hydrogens (tertiary/aromatic N) is 1. The van der Waals surface area contributed by atoms with Gasteiger partial charge in [0, 0.05) is 12.0 Å². The van der Waals surface area contributed by atoms with E-state index in [2.05, 4.69) is 20.9 Å². The van der Waals surface area contributed by atoms with Crippen molar-refractivity contribution < 1.29 is 42.5 Å². The third-order valence-corrected chi connectivity index (χ3v) is 6.51. The number of hydrogen-bond acceptors (Lipinski definition) is 9. The summed E-state index contributed by atoms with van der Waals surface area (Å²) in [6, 6.07) is -1.91. The second-order valence-corrected chi connectivity index (χ2v) is 9.86. The maximum atomic E-state index is 13.3. The number of alkyl halides is 1. The predicted octanol–water partition coefficient (Wildman–Crippen LogP) is 4.47. The standard InChI is InChI=1S/C29H49FN4O8/c1-6-11-13-15-40-28(37)33-27(34-29(38)41-16-14-12-7-2)31-22-17-20(26(36)39-10-5)18-23(42-21(8-3)9-4)25(22)32-24(35)19-30/h18,21-23,25H,6-17,19H2,1-5H3,(H,32,35)(H2,31,33,34,37,38)/t22-,23+,25+/m0/s1. The Kier molecular flexibility index (Phi) is 18.8. The van der Waals surface area contributed by atoms with Crippen LogP contribution in [0, 0.1) is 0 Å². The Hall–Kier alpha value is -3.22. The molecule has 0 heterocycles. The number of esters is 1. The molecule has 0 aromatic carbocycles. The molecule has 13 heteroatoms. The lowest BCUT2D eigenvalue weighted by Gasteiger charge is -2.37. The number of carbonyl (C=O) groups is 4. The molecule has 1 rings (SSSR count). The lowest BCUT2D eigenvalue weighted by atomic mass is 9.87. The zero-order valence-corrected chi connectivity index (χ0v) is 25.7. The Morgan fingerprint density at radius 2 is 1.48 bits per heavy atom. The molecule has 3 atom stereocenters. The highest BCUT2D eigenvalue weighted by molar-refractivity contribution is 6.01. The van der Waals surface area contributed by atoms with E-state index < -0.39 is 48.9 Å². The summed E-state index contributed by atoms with van der Waals surface area (Å²) in [5, 5.41) is 7.44. The average Bonchev–Trinajstić information content (AvgIpc) is 2.97. The SMILES string of the molecule is CCCCCOC(=O)NC(=N[C@H]1CC(C(=O)OCC)=C[C@@H](OC(CC)CC)[C@@H]1NC(=O)CF)NC(=O)OCCCCC. The Labute approximate surface area is 248 Å². The number of ether oxygens (including phenoxy) is 4. The fourth-order valence-electron chi connectivity index (χ4n) is 4.23. The molecule has 3 amide bonds. The maximum Gasteiger partial charge on any atom is 0.413 e. The van der Waals surface area contributed by atoms with Crippen LogP contribution in [0.15, 0.2) is 16.6 Å². The zero-order valence-electron chi connectivity index (χ0n) is 25.7. The first-order chi connectivity index (χ1) is 20.2. The number of halogens is 1. The molecule has 0 bridgehead atoms. The van der Waals surface area contributed by atoms with Crippen molar-refractivity contribution in [2.75, 3.05) is 26.5 Å². The van der Waals surface area contributed by atoms with Gasteiger partial charge in [-0.25, -0.2) is 23.8 Å². The minimum absolute atomic E-state index is 0.0528. The molecule has 0 aromatic rings. The van der Waals surface area contributed by atoms with Crippen LogP contribution in [-0.2, 0) is 28.5 Å². The summed E-state index contributed by atoms with van der Waals surface area (Å²) in [6.07, 6.45) is 4.90. The molecule has 42 heavy (non-hydrogen) atoms. The van der Waals surface area contributed by atoms with Gasteiger partial charge in [-0.1, -0.05) is 53.4 Å². The van der Waals surface area contributed by atoms with Gasteiger partial charge in [0.15, 0.2) is 6.67 Å². The highest BCUT2D eigenvalue weighted by Crippen LogP contribution is 2.27. The monoisotopic (exact) mass is 600 g/mol. The molecule has 0 spiro atoms. The van der Waals surface area contributed by atoms with Gasteiger partial charge < -0.3 is 24.3 Å². The van der Waals surface area contributed by atoms with Gasteiger partial charge in [0.25, 0.3) is 5.91 Å². The minimum Gasteiger partial charge on any atom is -0.463 e. The zero-order chi connectivity index (χ0) is 31.3. The van der Waals surface area contributed by atoms with Crippen molar-refractivity contribution in [3.8, 4) is 0 Å². The Morgan fingerprint density at radius 1 is 0.905 bits per heavy atom. The van der Waals surface area contributed by atoms with E-state index in [4.69, 9.17) is 18.9 Å². The number of nitrogens with one attached hydrogen (secondary N) is 3. The van der Waals surface area contributed by atoms with Crippen LogP contribution >= 0.6 is 0 Å². The van der Waals surface area contributed by atoms with E-state index in [9.17, 15) is 23.6 Å². The summed E-state index contributed by atoms with van der Waals surface area (Å²) in [5.74, 6) is -1.81. The van der Waals surface area contributed by atoms with Crippen molar-refractivity contribution in [3.05, 3.63) is 11.6 Å². The van der Waals surface area contributed by atoms with Gasteiger partial charge in [0.1, 0.15) is 0 Å². The third-order valence-electron chi connectivity index (χ3n) is 6.51. The van der Waals surface area contributed by atoms with Gasteiger partial charge in [-0.2, -0.15) is 0 Å². The highest BCUT2D eigenvalue weighted by atomic mass is 19.1. The number of unbranched alkanes of at least 4 members (excludes halogenated alkanes) is 4. The largest absolute Gasteiger partial charge is 0.463 e. The first-order valence-electron chi connectivity index (χ1n) is 15.1. The van der Waals surface area contributed by atoms with Crippen LogP contribution in [0.2, 0.25) is 0 Å². The van der Waals surface area contributed by atoms with Crippen LogP contribution in [-0.4, -0.2) is 80.8 Å². The molecule has 0 unspecified atom stereocenters. The second kappa shape index (κ2) is 21.5. The summed E-state index contributed by atoms with van der Waals surface area (Å²) in [6.45, 7) is 8.74. The van der Waals surface area contributed by atoms with Crippen molar-refractivity contribution >= 4 is 30.0 Å². The summed E-state index contributed by atoms with van der Waals surface area (Å²) in [5.41, 5.74) is 0.232. The number of alkyl carbamates (subject to hydrolysis) is 2. The first kappa shape index (κ1) is 36.8. The molecule has 0 radical (unpaired) electrons. The predicted molar refractivity (Wildman–Crippen MR) is 156 cm³/mol.